The Morgan fingerprint density at radius 2 is 1.62 bits per heavy atom. The number of imide groups is 1. The SMILES string of the molecule is N#CNC(=NCCCCC1CCN(C(=O)c2cccc(CC(=O)OCc3ccc(O[C@@H]4O[C@H](C(=O)O)[C@@H](O)[C@H](O)[C@H]4O)c(NC(=O)CCNC(=O)CCN4C(=O)C=CC4=O)c3)c2)CC1)Nc1ccncc1. The molecule has 0 unspecified atom stereocenters. The number of aliphatic hydroxyl groups excluding tert-OH is 3. The topological polar surface area (TPSA) is 332 Å². The number of aliphatic hydroxyl groups is 3. The lowest BCUT2D eigenvalue weighted by Crippen LogP contribution is -2.61. The smallest absolute Gasteiger partial charge is 0.335 e. The number of hydrogen-bond donors (Lipinski definition) is 8. The summed E-state index contributed by atoms with van der Waals surface area (Å²) in [5.74, 6) is -4.04. The predicted octanol–water partition coefficient (Wildman–Crippen LogP) is 0.960. The average molecular weight is 982 g/mol. The van der Waals surface area contributed by atoms with Crippen molar-refractivity contribution in [2.45, 2.75) is 88.7 Å². The van der Waals surface area contributed by atoms with Crippen LogP contribution in [0.15, 0.2) is 84.1 Å². The Morgan fingerprint density at radius 3 is 2.34 bits per heavy atom. The number of benzene rings is 2. The number of unbranched alkanes of at least 4 members (excludes halogenated alkanes) is 1. The van der Waals surface area contributed by atoms with E-state index in [1.807, 2.05) is 11.1 Å². The van der Waals surface area contributed by atoms with Gasteiger partial charge in [-0.25, -0.2) is 4.79 Å². The number of carbonyl (C=O) groups is 7. The number of carboxylic acid groups (broad SMARTS) is 1. The van der Waals surface area contributed by atoms with Gasteiger partial charge in [0.05, 0.1) is 12.1 Å². The molecule has 1 aromatic heterocycles. The van der Waals surface area contributed by atoms with Crippen LogP contribution in [0, 0.1) is 17.4 Å². The van der Waals surface area contributed by atoms with Crippen molar-refractivity contribution in [3.05, 3.63) is 95.8 Å². The molecule has 3 aliphatic heterocycles. The average Bonchev–Trinajstić information content (AvgIpc) is 3.68. The number of ether oxygens (including phenoxy) is 3. The molecule has 376 valence electrons. The molecular formula is C48H55N9O14. The minimum absolute atomic E-state index is 0.0628. The molecule has 4 heterocycles. The Labute approximate surface area is 407 Å². The highest BCUT2D eigenvalue weighted by Crippen LogP contribution is 2.32. The fourth-order valence-electron chi connectivity index (χ4n) is 7.90. The Bertz CT molecular complexity index is 2490. The molecule has 23 heteroatoms. The summed E-state index contributed by atoms with van der Waals surface area (Å²) in [7, 11) is 0. The summed E-state index contributed by atoms with van der Waals surface area (Å²) in [5, 5.41) is 60.3. The highest BCUT2D eigenvalue weighted by atomic mass is 16.7. The molecule has 0 aliphatic carbocycles. The first-order valence-electron chi connectivity index (χ1n) is 22.9. The number of pyridine rings is 1. The number of hydrogen-bond acceptors (Lipinski definition) is 16. The van der Waals surface area contributed by atoms with Crippen molar-refractivity contribution < 1.29 is 68.2 Å². The number of guanidine groups is 1. The second kappa shape index (κ2) is 25.7. The van der Waals surface area contributed by atoms with E-state index in [1.54, 1.807) is 48.8 Å². The van der Waals surface area contributed by atoms with Gasteiger partial charge in [0.15, 0.2) is 12.3 Å². The fraction of sp³-hybridized carbons (Fsp3) is 0.417. The molecule has 6 rings (SSSR count). The number of likely N-dealkylation sites (tertiary alicyclic amines) is 1. The Hall–Kier alpha value is -7.78. The maximum absolute atomic E-state index is 13.5. The summed E-state index contributed by atoms with van der Waals surface area (Å²) in [6, 6.07) is 14.4. The number of carboxylic acids is 1. The maximum atomic E-state index is 13.5. The largest absolute Gasteiger partial charge is 0.479 e. The molecule has 3 aliphatic rings. The number of piperidine rings is 1. The molecule has 0 saturated carbocycles. The van der Waals surface area contributed by atoms with Gasteiger partial charge in [-0.2, -0.15) is 5.26 Å². The van der Waals surface area contributed by atoms with E-state index in [0.717, 1.165) is 54.8 Å². The van der Waals surface area contributed by atoms with Crippen LogP contribution in [-0.4, -0.2) is 146 Å². The van der Waals surface area contributed by atoms with Crippen LogP contribution in [0.4, 0.5) is 11.4 Å². The van der Waals surface area contributed by atoms with Crippen molar-refractivity contribution in [2.24, 2.45) is 10.9 Å². The van der Waals surface area contributed by atoms with Gasteiger partial charge in [0.25, 0.3) is 17.7 Å². The number of nitrogens with zero attached hydrogens (tertiary/aromatic N) is 5. The Morgan fingerprint density at radius 1 is 0.873 bits per heavy atom. The summed E-state index contributed by atoms with van der Waals surface area (Å²) < 4.78 is 16.5. The third-order valence-electron chi connectivity index (χ3n) is 11.7. The number of aliphatic carboxylic acids is 1. The van der Waals surface area contributed by atoms with Crippen LogP contribution in [0.5, 0.6) is 5.75 Å². The van der Waals surface area contributed by atoms with E-state index < -0.39 is 66.3 Å². The van der Waals surface area contributed by atoms with E-state index in [-0.39, 0.29) is 56.3 Å². The quantitative estimate of drug-likeness (QED) is 0.0140. The first kappa shape index (κ1) is 52.6. The number of rotatable bonds is 21. The monoisotopic (exact) mass is 981 g/mol. The molecule has 23 nitrogen and oxygen atoms in total. The van der Waals surface area contributed by atoms with Gasteiger partial charge in [0, 0.05) is 81.4 Å². The summed E-state index contributed by atoms with van der Waals surface area (Å²) in [5.41, 5.74) is 2.01. The molecule has 2 saturated heterocycles. The first-order chi connectivity index (χ1) is 34.2. The molecule has 0 radical (unpaired) electrons. The number of aliphatic imine (C=N–C) groups is 1. The summed E-state index contributed by atoms with van der Waals surface area (Å²) in [4.78, 5) is 98.5. The third-order valence-corrected chi connectivity index (χ3v) is 11.7. The molecule has 2 fully saturated rings. The van der Waals surface area contributed by atoms with Crippen LogP contribution in [0.2, 0.25) is 0 Å². The lowest BCUT2D eigenvalue weighted by molar-refractivity contribution is -0.271. The number of carbonyl (C=O) groups excluding carboxylic acids is 6. The Kier molecular flexibility index (Phi) is 19.0. The number of nitriles is 1. The van der Waals surface area contributed by atoms with Crippen molar-refractivity contribution >= 4 is 58.8 Å². The van der Waals surface area contributed by atoms with Gasteiger partial charge >= 0.3 is 11.9 Å². The van der Waals surface area contributed by atoms with E-state index >= 15 is 0 Å². The maximum Gasteiger partial charge on any atom is 0.335 e. The molecule has 8 N–H and O–H groups in total. The van der Waals surface area contributed by atoms with Crippen LogP contribution >= 0.6 is 0 Å². The molecule has 2 aromatic carbocycles. The van der Waals surface area contributed by atoms with E-state index in [0.29, 0.717) is 48.2 Å². The number of anilines is 2. The van der Waals surface area contributed by atoms with Gasteiger partial charge in [0.2, 0.25) is 24.1 Å². The molecule has 0 bridgehead atoms. The third kappa shape index (κ3) is 15.4. The minimum Gasteiger partial charge on any atom is -0.479 e. The van der Waals surface area contributed by atoms with Gasteiger partial charge in [0.1, 0.15) is 30.7 Å². The van der Waals surface area contributed by atoms with Gasteiger partial charge in [-0.05, 0) is 72.7 Å². The molecule has 71 heavy (non-hydrogen) atoms. The number of aromatic nitrogens is 1. The number of amides is 5. The van der Waals surface area contributed by atoms with E-state index in [2.05, 4.69) is 31.2 Å². The summed E-state index contributed by atoms with van der Waals surface area (Å²) in [6.45, 7) is 1.12. The molecule has 5 atom stereocenters. The van der Waals surface area contributed by atoms with Crippen LogP contribution in [0.1, 0.15) is 66.4 Å². The number of nitrogens with one attached hydrogen (secondary N) is 4. The molecular weight excluding hydrogens is 927 g/mol. The summed E-state index contributed by atoms with van der Waals surface area (Å²) >= 11 is 0. The zero-order valence-electron chi connectivity index (χ0n) is 38.5. The molecule has 3 aromatic rings. The number of esters is 1. The van der Waals surface area contributed by atoms with Crippen molar-refractivity contribution in [1.29, 1.82) is 5.26 Å². The van der Waals surface area contributed by atoms with Crippen LogP contribution in [0.3, 0.4) is 0 Å². The van der Waals surface area contributed by atoms with E-state index in [1.165, 1.54) is 18.2 Å². The summed E-state index contributed by atoms with van der Waals surface area (Å²) in [6.07, 6.45) is 1.49. The van der Waals surface area contributed by atoms with Crippen molar-refractivity contribution in [2.75, 3.05) is 43.4 Å². The van der Waals surface area contributed by atoms with Crippen molar-refractivity contribution in [3.8, 4) is 11.9 Å². The van der Waals surface area contributed by atoms with Crippen molar-refractivity contribution in [1.82, 2.24) is 25.4 Å². The lowest BCUT2D eigenvalue weighted by atomic mass is 9.91. The Balaban J connectivity index is 0.987. The van der Waals surface area contributed by atoms with Gasteiger partial charge in [-0.3, -0.25) is 49.0 Å². The highest BCUT2D eigenvalue weighted by Gasteiger charge is 2.48. The van der Waals surface area contributed by atoms with Gasteiger partial charge in [-0.1, -0.05) is 31.0 Å². The van der Waals surface area contributed by atoms with Crippen molar-refractivity contribution in [3.63, 3.8) is 0 Å². The zero-order chi connectivity index (χ0) is 50.9. The van der Waals surface area contributed by atoms with Crippen LogP contribution in [0.25, 0.3) is 0 Å². The first-order valence-corrected chi connectivity index (χ1v) is 22.9. The fourth-order valence-corrected chi connectivity index (χ4v) is 7.90. The van der Waals surface area contributed by atoms with Crippen LogP contribution in [-0.2, 0) is 51.3 Å². The molecule has 5 amide bonds. The van der Waals surface area contributed by atoms with E-state index in [9.17, 15) is 54.0 Å². The van der Waals surface area contributed by atoms with Gasteiger partial charge < -0.3 is 55.5 Å². The van der Waals surface area contributed by atoms with E-state index in [4.69, 9.17) is 19.5 Å². The van der Waals surface area contributed by atoms with Gasteiger partial charge in [-0.15, -0.1) is 0 Å². The standard InChI is InChI=1S/C48H55N9O14/c49-28-53-48(54-33-11-18-50-19-12-33)52-17-2-1-4-29-14-21-56(22-15-29)45(66)32-6-3-5-30(24-32)26-40(62)69-27-31-7-8-35(70-47-43(65)41(63)42(64)44(71-47)46(67)68)34(25-31)55-37(59)13-20-51-36(58)16-23-57-38(60)9-10-39(57)61/h3,5-12,18-19,24-25,29,41-44,47,63-65H,1-2,4,13-17,20-23,26-27H2,(H,51,58)(H,55,59)(H,67,68)(H2,50,52,53,54)/t41-,42-,43+,44-,47+/m0/s1. The minimum atomic E-state index is -1.99. The normalized spacial score (nSPS) is 20.2. The lowest BCUT2D eigenvalue weighted by Gasteiger charge is -2.38. The van der Waals surface area contributed by atoms with Crippen LogP contribution < -0.4 is 26.0 Å². The zero-order valence-corrected chi connectivity index (χ0v) is 38.5. The second-order valence-electron chi connectivity index (χ2n) is 16.8. The molecule has 0 spiro atoms. The second-order valence-corrected chi connectivity index (χ2v) is 16.8. The highest BCUT2D eigenvalue weighted by molar-refractivity contribution is 6.13. The predicted molar refractivity (Wildman–Crippen MR) is 249 cm³/mol.